The SMILES string of the molecule is CC(C)CCC[C@@H](C)[C@H]1CC[C@H]2[C@H]3CCC=C4C[C@@H](SSCCC(=O)N(CCCN)CCCCNCCCN)CC[C@]4(C)[C@H]3CC[C@]12C. The molecular weight excluding hydrogens is 629 g/mol. The third-order valence-electron chi connectivity index (χ3n) is 13.7. The number of amides is 1. The summed E-state index contributed by atoms with van der Waals surface area (Å²) in [5.41, 5.74) is 14.2. The Balaban J connectivity index is 1.22. The van der Waals surface area contributed by atoms with Gasteiger partial charge in [-0.15, -0.1) is 0 Å². The van der Waals surface area contributed by atoms with E-state index in [0.717, 1.165) is 99.7 Å². The van der Waals surface area contributed by atoms with E-state index in [9.17, 15) is 4.79 Å². The number of nitrogens with one attached hydrogen (secondary N) is 1. The predicted molar refractivity (Wildman–Crippen MR) is 212 cm³/mol. The highest BCUT2D eigenvalue weighted by atomic mass is 33.1. The minimum absolute atomic E-state index is 0.310. The van der Waals surface area contributed by atoms with Gasteiger partial charge in [0, 0.05) is 30.5 Å². The Morgan fingerprint density at radius 1 is 0.917 bits per heavy atom. The van der Waals surface area contributed by atoms with Crippen molar-refractivity contribution in [2.24, 2.45) is 57.8 Å². The van der Waals surface area contributed by atoms with Crippen LogP contribution < -0.4 is 16.8 Å². The lowest BCUT2D eigenvalue weighted by Crippen LogP contribution is -2.48. The Labute approximate surface area is 304 Å². The van der Waals surface area contributed by atoms with Gasteiger partial charge in [-0.05, 0) is 156 Å². The van der Waals surface area contributed by atoms with E-state index in [1.807, 2.05) is 10.8 Å². The van der Waals surface area contributed by atoms with E-state index in [1.165, 1.54) is 77.0 Å². The Morgan fingerprint density at radius 2 is 1.69 bits per heavy atom. The Bertz CT molecular complexity index is 992. The molecule has 0 aromatic rings. The lowest BCUT2D eigenvalue weighted by Gasteiger charge is -2.56. The summed E-state index contributed by atoms with van der Waals surface area (Å²) < 4.78 is 0. The number of hydrogen-bond donors (Lipinski definition) is 3. The number of carbonyl (C=O) groups excluding carboxylic acids is 1. The van der Waals surface area contributed by atoms with E-state index in [-0.39, 0.29) is 0 Å². The van der Waals surface area contributed by atoms with Crippen molar-refractivity contribution in [3.8, 4) is 0 Å². The fourth-order valence-electron chi connectivity index (χ4n) is 11.0. The molecule has 4 aliphatic rings. The zero-order valence-corrected chi connectivity index (χ0v) is 33.5. The first-order valence-electron chi connectivity index (χ1n) is 20.5. The first-order chi connectivity index (χ1) is 23.1. The maximum Gasteiger partial charge on any atom is 0.223 e. The summed E-state index contributed by atoms with van der Waals surface area (Å²) in [6.45, 7) is 17.8. The second kappa shape index (κ2) is 20.1. The Kier molecular flexibility index (Phi) is 17.0. The van der Waals surface area contributed by atoms with Gasteiger partial charge < -0.3 is 21.7 Å². The molecule has 4 aliphatic carbocycles. The van der Waals surface area contributed by atoms with Gasteiger partial charge in [-0.25, -0.2) is 0 Å². The summed E-state index contributed by atoms with van der Waals surface area (Å²) in [5, 5.41) is 4.14. The van der Waals surface area contributed by atoms with Crippen LogP contribution in [0, 0.1) is 46.3 Å². The largest absolute Gasteiger partial charge is 0.343 e. The maximum atomic E-state index is 13.2. The van der Waals surface area contributed by atoms with Crippen LogP contribution in [0.2, 0.25) is 0 Å². The number of nitrogens with zero attached hydrogens (tertiary/aromatic N) is 1. The van der Waals surface area contributed by atoms with Crippen molar-refractivity contribution in [1.29, 1.82) is 0 Å². The normalized spacial score (nSPS) is 32.2. The number of fused-ring (bicyclic) bond motifs is 5. The molecule has 7 heteroatoms. The molecule has 5 N–H and O–H groups in total. The topological polar surface area (TPSA) is 84.4 Å². The minimum atomic E-state index is 0.310. The summed E-state index contributed by atoms with van der Waals surface area (Å²) in [7, 11) is 4.04. The zero-order valence-electron chi connectivity index (χ0n) is 31.9. The molecule has 0 heterocycles. The van der Waals surface area contributed by atoms with Crippen LogP contribution in [-0.4, -0.2) is 61.1 Å². The van der Waals surface area contributed by atoms with Crippen LogP contribution in [0.3, 0.4) is 0 Å². The average molecular weight is 705 g/mol. The molecule has 4 rings (SSSR count). The second-order valence-corrected chi connectivity index (χ2v) is 20.1. The molecule has 0 aromatic carbocycles. The van der Waals surface area contributed by atoms with Crippen molar-refractivity contribution in [3.05, 3.63) is 11.6 Å². The fraction of sp³-hybridized carbons (Fsp3) is 0.927. The van der Waals surface area contributed by atoms with E-state index < -0.39 is 0 Å². The maximum absolute atomic E-state index is 13.2. The highest BCUT2D eigenvalue weighted by Gasteiger charge is 2.58. The number of allylic oxidation sites excluding steroid dienone is 2. The predicted octanol–water partition coefficient (Wildman–Crippen LogP) is 9.45. The van der Waals surface area contributed by atoms with E-state index in [0.29, 0.717) is 35.0 Å². The molecule has 0 unspecified atom stereocenters. The summed E-state index contributed by atoms with van der Waals surface area (Å²) in [4.78, 5) is 15.2. The van der Waals surface area contributed by atoms with Gasteiger partial charge in [-0.3, -0.25) is 4.79 Å². The third-order valence-corrected chi connectivity index (χ3v) is 16.6. The zero-order chi connectivity index (χ0) is 34.6. The van der Waals surface area contributed by atoms with Gasteiger partial charge in [-0.2, -0.15) is 0 Å². The summed E-state index contributed by atoms with van der Waals surface area (Å²) in [6.07, 6.45) is 24.3. The second-order valence-electron chi connectivity index (χ2n) is 17.3. The number of nitrogens with two attached hydrogens (primary N) is 2. The minimum Gasteiger partial charge on any atom is -0.343 e. The van der Waals surface area contributed by atoms with Gasteiger partial charge in [0.2, 0.25) is 5.91 Å². The van der Waals surface area contributed by atoms with Gasteiger partial charge in [0.25, 0.3) is 0 Å². The highest BCUT2D eigenvalue weighted by molar-refractivity contribution is 8.76. The van der Waals surface area contributed by atoms with E-state index in [2.05, 4.69) is 61.7 Å². The first-order valence-corrected chi connectivity index (χ1v) is 22.9. The standard InChI is InChI=1S/C41H76N4OS2/c1-31(2)12-8-13-32(3)36-16-17-37-35-15-9-14-33-30-34(18-21-40(33,4)38(35)19-22-41(36,37)5)48-47-29-20-39(46)45(28-11-24-43)27-7-6-25-44-26-10-23-42/h14,31-32,34-38,44H,6-13,15-30,42-43H2,1-5H3/t32-,34+,35-,36-,37+,38+,40+,41-/m1/s1. The highest BCUT2D eigenvalue weighted by Crippen LogP contribution is 2.67. The molecule has 0 aromatic heterocycles. The summed E-state index contributed by atoms with van der Waals surface area (Å²) >= 11 is 0. The molecule has 0 aliphatic heterocycles. The van der Waals surface area contributed by atoms with Gasteiger partial charge in [-0.1, -0.05) is 87.1 Å². The lowest BCUT2D eigenvalue weighted by molar-refractivity contribution is -0.130. The molecule has 0 bridgehead atoms. The fourth-order valence-corrected chi connectivity index (χ4v) is 13.6. The molecule has 0 spiro atoms. The van der Waals surface area contributed by atoms with Gasteiger partial charge in [0.15, 0.2) is 0 Å². The van der Waals surface area contributed by atoms with Crippen LogP contribution in [-0.2, 0) is 4.79 Å². The molecule has 0 saturated heterocycles. The monoisotopic (exact) mass is 705 g/mol. The van der Waals surface area contributed by atoms with Crippen molar-refractivity contribution in [2.45, 2.75) is 149 Å². The van der Waals surface area contributed by atoms with Crippen molar-refractivity contribution < 1.29 is 4.79 Å². The van der Waals surface area contributed by atoms with E-state index >= 15 is 0 Å². The first kappa shape index (κ1) is 40.6. The van der Waals surface area contributed by atoms with Crippen molar-refractivity contribution in [2.75, 3.05) is 45.0 Å². The molecule has 3 fully saturated rings. The van der Waals surface area contributed by atoms with Crippen LogP contribution >= 0.6 is 21.6 Å². The van der Waals surface area contributed by atoms with Crippen LogP contribution in [0.1, 0.15) is 144 Å². The van der Waals surface area contributed by atoms with Crippen molar-refractivity contribution in [3.63, 3.8) is 0 Å². The van der Waals surface area contributed by atoms with Crippen LogP contribution in [0.25, 0.3) is 0 Å². The molecule has 3 saturated carbocycles. The van der Waals surface area contributed by atoms with E-state index in [4.69, 9.17) is 11.5 Å². The lowest BCUT2D eigenvalue weighted by atomic mass is 9.49. The average Bonchev–Trinajstić information content (AvgIpc) is 3.34. The van der Waals surface area contributed by atoms with E-state index in [1.54, 1.807) is 5.57 Å². The molecule has 48 heavy (non-hydrogen) atoms. The molecule has 0 radical (unpaired) electrons. The van der Waals surface area contributed by atoms with Gasteiger partial charge in [0.05, 0.1) is 0 Å². The molecular formula is C41H76N4OS2. The molecule has 278 valence electrons. The quantitative estimate of drug-likeness (QED) is 0.0627. The number of unbranched alkanes of at least 4 members (excludes halogenated alkanes) is 1. The number of rotatable bonds is 21. The van der Waals surface area contributed by atoms with Gasteiger partial charge in [0.1, 0.15) is 0 Å². The van der Waals surface area contributed by atoms with Crippen molar-refractivity contribution in [1.82, 2.24) is 10.2 Å². The van der Waals surface area contributed by atoms with Crippen molar-refractivity contribution >= 4 is 27.5 Å². The molecule has 5 nitrogen and oxygen atoms in total. The number of carbonyl (C=O) groups is 1. The Hall–Kier alpha value is -0.210. The molecule has 1 amide bonds. The molecule has 8 atom stereocenters. The Morgan fingerprint density at radius 3 is 2.46 bits per heavy atom. The summed E-state index contributed by atoms with van der Waals surface area (Å²) in [6, 6.07) is 0. The third kappa shape index (κ3) is 10.7. The van der Waals surface area contributed by atoms with Crippen LogP contribution in [0.15, 0.2) is 11.6 Å². The van der Waals surface area contributed by atoms with Crippen LogP contribution in [0.5, 0.6) is 0 Å². The van der Waals surface area contributed by atoms with Crippen LogP contribution in [0.4, 0.5) is 0 Å². The summed E-state index contributed by atoms with van der Waals surface area (Å²) in [5.74, 6) is 6.65. The van der Waals surface area contributed by atoms with Gasteiger partial charge >= 0.3 is 0 Å². The number of hydrogen-bond acceptors (Lipinski definition) is 6. The smallest absolute Gasteiger partial charge is 0.223 e.